The van der Waals surface area contributed by atoms with Crippen molar-refractivity contribution >= 4 is 5.97 Å². The van der Waals surface area contributed by atoms with E-state index in [1.807, 2.05) is 12.1 Å². The predicted molar refractivity (Wildman–Crippen MR) is 108 cm³/mol. The van der Waals surface area contributed by atoms with Crippen LogP contribution < -0.4 is 9.47 Å². The highest BCUT2D eigenvalue weighted by atomic mass is 16.5. The van der Waals surface area contributed by atoms with Gasteiger partial charge < -0.3 is 18.9 Å². The fraction of sp³-hybridized carbons (Fsp3) is 0.708. The van der Waals surface area contributed by atoms with Crippen molar-refractivity contribution in [3.63, 3.8) is 0 Å². The number of carbonyl (C=O) groups excluding carboxylic acids is 1. The summed E-state index contributed by atoms with van der Waals surface area (Å²) < 4.78 is 23.6. The first-order chi connectivity index (χ1) is 14.1. The van der Waals surface area contributed by atoms with E-state index in [4.69, 9.17) is 18.9 Å². The predicted octanol–water partition coefficient (Wildman–Crippen LogP) is 4.18. The van der Waals surface area contributed by atoms with Crippen LogP contribution in [0.1, 0.15) is 49.8 Å². The van der Waals surface area contributed by atoms with Crippen LogP contribution in [0.3, 0.4) is 0 Å². The van der Waals surface area contributed by atoms with Gasteiger partial charge in [-0.3, -0.25) is 4.79 Å². The first kappa shape index (κ1) is 19.2. The SMILES string of the molecule is COC(=O)C1CCC2C3CCC24C(OCC3C)c2c(OC)ccc(OC)c2CC14. The molecule has 29 heavy (non-hydrogen) atoms. The van der Waals surface area contributed by atoms with Gasteiger partial charge in [0.25, 0.3) is 0 Å². The fourth-order valence-electron chi connectivity index (χ4n) is 7.64. The zero-order valence-electron chi connectivity index (χ0n) is 17.9. The monoisotopic (exact) mass is 400 g/mol. The van der Waals surface area contributed by atoms with Crippen LogP contribution in [0.15, 0.2) is 12.1 Å². The van der Waals surface area contributed by atoms with Crippen molar-refractivity contribution in [1.82, 2.24) is 0 Å². The second-order valence-electron chi connectivity index (χ2n) is 9.49. The van der Waals surface area contributed by atoms with Crippen molar-refractivity contribution in [2.24, 2.45) is 35.0 Å². The average Bonchev–Trinajstić information content (AvgIpc) is 3.08. The number of fused-ring (bicyclic) bond motifs is 2. The number of ether oxygens (including phenoxy) is 4. The molecule has 5 nitrogen and oxygen atoms in total. The van der Waals surface area contributed by atoms with Gasteiger partial charge in [0.1, 0.15) is 11.5 Å². The van der Waals surface area contributed by atoms with Crippen molar-refractivity contribution in [1.29, 1.82) is 0 Å². The smallest absolute Gasteiger partial charge is 0.308 e. The van der Waals surface area contributed by atoms with E-state index >= 15 is 0 Å². The third-order valence-corrected chi connectivity index (χ3v) is 8.73. The molecule has 1 aromatic carbocycles. The van der Waals surface area contributed by atoms with E-state index in [2.05, 4.69) is 6.92 Å². The number of rotatable bonds is 3. The van der Waals surface area contributed by atoms with Crippen LogP contribution in [0.5, 0.6) is 11.5 Å². The summed E-state index contributed by atoms with van der Waals surface area (Å²) in [5.41, 5.74) is 2.30. The Hall–Kier alpha value is -1.75. The van der Waals surface area contributed by atoms with E-state index in [1.54, 1.807) is 14.2 Å². The molecule has 7 atom stereocenters. The van der Waals surface area contributed by atoms with Crippen molar-refractivity contribution in [2.75, 3.05) is 27.9 Å². The fourth-order valence-corrected chi connectivity index (χ4v) is 7.64. The summed E-state index contributed by atoms with van der Waals surface area (Å²) in [5, 5.41) is 0. The highest BCUT2D eigenvalue weighted by Gasteiger charge is 2.66. The second-order valence-corrected chi connectivity index (χ2v) is 9.49. The molecule has 1 saturated heterocycles. The summed E-state index contributed by atoms with van der Waals surface area (Å²) in [6, 6.07) is 3.99. The molecule has 5 rings (SSSR count). The Labute approximate surface area is 173 Å². The lowest BCUT2D eigenvalue weighted by atomic mass is 9.49. The van der Waals surface area contributed by atoms with Crippen molar-refractivity contribution in [2.45, 2.75) is 45.1 Å². The first-order valence-electron chi connectivity index (χ1n) is 11.0. The van der Waals surface area contributed by atoms with Crippen LogP contribution in [0, 0.1) is 35.0 Å². The molecule has 0 amide bonds. The number of methoxy groups -OCH3 is 3. The van der Waals surface area contributed by atoms with E-state index in [1.165, 1.54) is 13.5 Å². The molecule has 4 aliphatic rings. The van der Waals surface area contributed by atoms with Gasteiger partial charge in [-0.25, -0.2) is 0 Å². The van der Waals surface area contributed by atoms with Crippen LogP contribution in [-0.2, 0) is 20.7 Å². The van der Waals surface area contributed by atoms with Crippen LogP contribution in [-0.4, -0.2) is 33.9 Å². The molecule has 1 aromatic rings. The quantitative estimate of drug-likeness (QED) is 0.713. The Bertz CT molecular complexity index is 820. The molecule has 0 aromatic heterocycles. The minimum atomic E-state index is -0.0708. The molecular formula is C24H32O5. The Morgan fingerprint density at radius 1 is 1.07 bits per heavy atom. The molecule has 2 bridgehead atoms. The van der Waals surface area contributed by atoms with E-state index in [9.17, 15) is 4.79 Å². The van der Waals surface area contributed by atoms with Gasteiger partial charge in [0, 0.05) is 16.5 Å². The topological polar surface area (TPSA) is 54.0 Å². The maximum absolute atomic E-state index is 12.8. The highest BCUT2D eigenvalue weighted by Crippen LogP contribution is 2.71. The molecule has 1 spiro atoms. The molecule has 0 radical (unpaired) electrons. The summed E-state index contributed by atoms with van der Waals surface area (Å²) in [6.45, 7) is 3.11. The molecular weight excluding hydrogens is 368 g/mol. The molecule has 3 aliphatic carbocycles. The lowest BCUT2D eigenvalue weighted by Gasteiger charge is -2.56. The minimum Gasteiger partial charge on any atom is -0.496 e. The zero-order chi connectivity index (χ0) is 20.3. The standard InChI is InChI=1S/C24H32O5/c1-13-12-29-22-21-16(19(26-2)7-8-20(21)27-3)11-18-15(23(25)28-4)5-6-17-14(13)9-10-24(17,18)22/h7-8,13-15,17-18,22H,5-6,9-12H2,1-4H3. The normalized spacial score (nSPS) is 39.7. The van der Waals surface area contributed by atoms with Crippen LogP contribution in [0.25, 0.3) is 0 Å². The summed E-state index contributed by atoms with van der Waals surface area (Å²) >= 11 is 0. The van der Waals surface area contributed by atoms with Gasteiger partial charge in [-0.15, -0.1) is 0 Å². The lowest BCUT2D eigenvalue weighted by Crippen LogP contribution is -2.53. The first-order valence-corrected chi connectivity index (χ1v) is 11.0. The number of benzene rings is 1. The largest absolute Gasteiger partial charge is 0.496 e. The molecule has 158 valence electrons. The van der Waals surface area contributed by atoms with E-state index < -0.39 is 0 Å². The van der Waals surface area contributed by atoms with Crippen LogP contribution in [0.4, 0.5) is 0 Å². The number of hydrogen-bond acceptors (Lipinski definition) is 5. The summed E-state index contributed by atoms with van der Waals surface area (Å²) in [4.78, 5) is 12.8. The van der Waals surface area contributed by atoms with Crippen LogP contribution >= 0.6 is 0 Å². The summed E-state index contributed by atoms with van der Waals surface area (Å²) in [7, 11) is 4.97. The third-order valence-electron chi connectivity index (χ3n) is 8.73. The maximum Gasteiger partial charge on any atom is 0.308 e. The van der Waals surface area contributed by atoms with Crippen molar-refractivity contribution in [3.8, 4) is 11.5 Å². The van der Waals surface area contributed by atoms with E-state index in [-0.39, 0.29) is 29.3 Å². The van der Waals surface area contributed by atoms with Crippen molar-refractivity contribution in [3.05, 3.63) is 23.3 Å². The Balaban J connectivity index is 1.75. The van der Waals surface area contributed by atoms with Gasteiger partial charge in [-0.2, -0.15) is 0 Å². The molecule has 2 saturated carbocycles. The van der Waals surface area contributed by atoms with Gasteiger partial charge in [0.15, 0.2) is 0 Å². The molecule has 5 heteroatoms. The zero-order valence-corrected chi connectivity index (χ0v) is 17.9. The van der Waals surface area contributed by atoms with Gasteiger partial charge in [-0.1, -0.05) is 6.92 Å². The van der Waals surface area contributed by atoms with E-state index in [0.717, 1.165) is 54.9 Å². The molecule has 1 aliphatic heterocycles. The van der Waals surface area contributed by atoms with E-state index in [0.29, 0.717) is 17.8 Å². The van der Waals surface area contributed by atoms with Gasteiger partial charge in [-0.05, 0) is 67.9 Å². The second kappa shape index (κ2) is 6.90. The number of esters is 1. The lowest BCUT2D eigenvalue weighted by molar-refractivity contribution is -0.166. The van der Waals surface area contributed by atoms with Crippen molar-refractivity contribution < 1.29 is 23.7 Å². The maximum atomic E-state index is 12.8. The molecule has 0 N–H and O–H groups in total. The summed E-state index contributed by atoms with van der Waals surface area (Å²) in [6.07, 6.45) is 5.14. The summed E-state index contributed by atoms with van der Waals surface area (Å²) in [5.74, 6) is 3.67. The van der Waals surface area contributed by atoms with Gasteiger partial charge in [0.05, 0.1) is 40.0 Å². The van der Waals surface area contributed by atoms with Crippen LogP contribution in [0.2, 0.25) is 0 Å². The average molecular weight is 401 g/mol. The number of carbonyl (C=O) groups is 1. The minimum absolute atomic E-state index is 0.0147. The van der Waals surface area contributed by atoms with Gasteiger partial charge >= 0.3 is 5.97 Å². The third kappa shape index (κ3) is 2.46. The molecule has 1 heterocycles. The Kier molecular flexibility index (Phi) is 4.57. The number of hydrogen-bond donors (Lipinski definition) is 0. The highest BCUT2D eigenvalue weighted by molar-refractivity contribution is 5.73. The Morgan fingerprint density at radius 2 is 1.83 bits per heavy atom. The van der Waals surface area contributed by atoms with Gasteiger partial charge in [0.2, 0.25) is 0 Å². The molecule has 7 unspecified atom stereocenters. The molecule has 3 fully saturated rings. The Morgan fingerprint density at radius 3 is 2.55 bits per heavy atom.